The Morgan fingerprint density at radius 1 is 0.875 bits per heavy atom. The highest BCUT2D eigenvalue weighted by atomic mass is 35.5. The summed E-state index contributed by atoms with van der Waals surface area (Å²) in [6, 6.07) is 5.70. The lowest BCUT2D eigenvalue weighted by Crippen LogP contribution is -2.20. The van der Waals surface area contributed by atoms with Crippen LogP contribution in [0.25, 0.3) is 0 Å². The van der Waals surface area contributed by atoms with E-state index in [9.17, 15) is 4.79 Å². The van der Waals surface area contributed by atoms with E-state index in [-0.39, 0.29) is 43.4 Å². The third-order valence-corrected chi connectivity index (χ3v) is 5.26. The average Bonchev–Trinajstić information content (AvgIpc) is 2.50. The molecule has 0 aliphatic carbocycles. The predicted octanol–water partition coefficient (Wildman–Crippen LogP) is 6.59. The van der Waals surface area contributed by atoms with E-state index in [0.29, 0.717) is 5.69 Å². The smallest absolute Gasteiger partial charge is 0.262 e. The number of carbonyl (C=O) groups is 1. The molecule has 0 fully saturated rings. The Morgan fingerprint density at radius 2 is 1.33 bits per heavy atom. The SMILES string of the molecule is Cc1cc(C)cc(NC(=O)COc2c(Cl)c(Cl)c(Cl)c(Cl)c2Cl)c1. The topological polar surface area (TPSA) is 38.3 Å². The van der Waals surface area contributed by atoms with Crippen LogP contribution in [0.4, 0.5) is 5.69 Å². The van der Waals surface area contributed by atoms with Gasteiger partial charge in [0, 0.05) is 5.69 Å². The average molecular weight is 428 g/mol. The van der Waals surface area contributed by atoms with Crippen LogP contribution in [0, 0.1) is 13.8 Å². The van der Waals surface area contributed by atoms with Gasteiger partial charge in [0.1, 0.15) is 10.0 Å². The van der Waals surface area contributed by atoms with Crippen molar-refractivity contribution in [3.05, 3.63) is 54.4 Å². The van der Waals surface area contributed by atoms with Crippen LogP contribution in [0.1, 0.15) is 11.1 Å². The summed E-state index contributed by atoms with van der Waals surface area (Å²) in [5, 5.41) is 2.77. The minimum absolute atomic E-state index is 0.00438. The molecule has 1 N–H and O–H groups in total. The van der Waals surface area contributed by atoms with E-state index in [1.54, 1.807) is 0 Å². The summed E-state index contributed by atoms with van der Waals surface area (Å²) in [5.74, 6) is -0.373. The molecule has 2 rings (SSSR count). The maximum absolute atomic E-state index is 12.1. The molecule has 0 saturated heterocycles. The van der Waals surface area contributed by atoms with E-state index in [4.69, 9.17) is 62.7 Å². The minimum atomic E-state index is -0.380. The second kappa shape index (κ2) is 8.03. The summed E-state index contributed by atoms with van der Waals surface area (Å²) >= 11 is 29.9. The zero-order chi connectivity index (χ0) is 18.0. The first-order chi connectivity index (χ1) is 11.2. The minimum Gasteiger partial charge on any atom is -0.481 e. The van der Waals surface area contributed by atoms with Crippen molar-refractivity contribution >= 4 is 69.6 Å². The molecule has 0 unspecified atom stereocenters. The Kier molecular flexibility index (Phi) is 6.52. The molecule has 24 heavy (non-hydrogen) atoms. The Morgan fingerprint density at radius 3 is 1.83 bits per heavy atom. The lowest BCUT2D eigenvalue weighted by Gasteiger charge is -2.14. The van der Waals surface area contributed by atoms with Gasteiger partial charge in [-0.1, -0.05) is 64.1 Å². The fraction of sp³-hybridized carbons (Fsp3) is 0.188. The predicted molar refractivity (Wildman–Crippen MR) is 102 cm³/mol. The van der Waals surface area contributed by atoms with Crippen LogP contribution in [0.3, 0.4) is 0 Å². The van der Waals surface area contributed by atoms with Crippen LogP contribution in [0.2, 0.25) is 25.1 Å². The number of ether oxygens (including phenoxy) is 1. The molecule has 0 bridgehead atoms. The molecular formula is C16H12Cl5NO2. The monoisotopic (exact) mass is 425 g/mol. The van der Waals surface area contributed by atoms with Gasteiger partial charge in [0.25, 0.3) is 5.91 Å². The van der Waals surface area contributed by atoms with Crippen molar-refractivity contribution < 1.29 is 9.53 Å². The number of nitrogens with one attached hydrogen (secondary N) is 1. The van der Waals surface area contributed by atoms with E-state index < -0.39 is 0 Å². The van der Waals surface area contributed by atoms with E-state index in [0.717, 1.165) is 11.1 Å². The molecule has 0 radical (unpaired) electrons. The molecule has 0 aliphatic rings. The van der Waals surface area contributed by atoms with Gasteiger partial charge < -0.3 is 10.1 Å². The van der Waals surface area contributed by atoms with Crippen molar-refractivity contribution in [2.75, 3.05) is 11.9 Å². The molecule has 3 nitrogen and oxygen atoms in total. The molecular weight excluding hydrogens is 415 g/mol. The first-order valence-electron chi connectivity index (χ1n) is 6.73. The van der Waals surface area contributed by atoms with Gasteiger partial charge in [-0.15, -0.1) is 0 Å². The third-order valence-electron chi connectivity index (χ3n) is 3.02. The van der Waals surface area contributed by atoms with Crippen LogP contribution in [0.5, 0.6) is 5.75 Å². The van der Waals surface area contributed by atoms with Crippen molar-refractivity contribution in [3.63, 3.8) is 0 Å². The van der Waals surface area contributed by atoms with Gasteiger partial charge in [-0.25, -0.2) is 0 Å². The normalized spacial score (nSPS) is 10.6. The number of anilines is 1. The van der Waals surface area contributed by atoms with Crippen LogP contribution in [-0.4, -0.2) is 12.5 Å². The first kappa shape index (κ1) is 19.5. The Labute approximate surface area is 164 Å². The van der Waals surface area contributed by atoms with Crippen molar-refractivity contribution in [2.45, 2.75) is 13.8 Å². The molecule has 0 spiro atoms. The van der Waals surface area contributed by atoms with Crippen molar-refractivity contribution in [1.29, 1.82) is 0 Å². The van der Waals surface area contributed by atoms with Gasteiger partial charge in [-0.2, -0.15) is 0 Å². The second-order valence-corrected chi connectivity index (χ2v) is 7.00. The summed E-state index contributed by atoms with van der Waals surface area (Å²) in [6.45, 7) is 3.56. The first-order valence-corrected chi connectivity index (χ1v) is 8.62. The molecule has 8 heteroatoms. The van der Waals surface area contributed by atoms with Crippen molar-refractivity contribution in [3.8, 4) is 5.75 Å². The number of carbonyl (C=O) groups excluding carboxylic acids is 1. The van der Waals surface area contributed by atoms with Crippen molar-refractivity contribution in [2.24, 2.45) is 0 Å². The van der Waals surface area contributed by atoms with Crippen LogP contribution in [-0.2, 0) is 4.79 Å². The molecule has 0 aromatic heterocycles. The standard InChI is InChI=1S/C16H12Cl5NO2/c1-7-3-8(2)5-9(4-7)22-10(23)6-24-16-14(20)12(18)11(17)13(19)15(16)21/h3-5H,6H2,1-2H3,(H,22,23). The lowest BCUT2D eigenvalue weighted by atomic mass is 10.1. The van der Waals surface area contributed by atoms with Gasteiger partial charge in [0.15, 0.2) is 12.4 Å². The molecule has 2 aromatic rings. The number of rotatable bonds is 4. The van der Waals surface area contributed by atoms with Crippen LogP contribution in [0.15, 0.2) is 18.2 Å². The largest absolute Gasteiger partial charge is 0.481 e. The number of halogens is 5. The Bertz CT molecular complexity index is 758. The fourth-order valence-electron chi connectivity index (χ4n) is 2.09. The maximum Gasteiger partial charge on any atom is 0.262 e. The molecule has 0 heterocycles. The highest BCUT2D eigenvalue weighted by Crippen LogP contribution is 2.48. The van der Waals surface area contributed by atoms with Gasteiger partial charge in [0.2, 0.25) is 0 Å². The van der Waals surface area contributed by atoms with Gasteiger partial charge in [-0.05, 0) is 37.1 Å². The van der Waals surface area contributed by atoms with Crippen molar-refractivity contribution in [1.82, 2.24) is 0 Å². The van der Waals surface area contributed by atoms with E-state index in [1.807, 2.05) is 32.0 Å². The number of amides is 1. The molecule has 128 valence electrons. The maximum atomic E-state index is 12.1. The van der Waals surface area contributed by atoms with E-state index >= 15 is 0 Å². The number of benzene rings is 2. The zero-order valence-electron chi connectivity index (χ0n) is 12.6. The zero-order valence-corrected chi connectivity index (χ0v) is 16.4. The van der Waals surface area contributed by atoms with E-state index in [1.165, 1.54) is 0 Å². The van der Waals surface area contributed by atoms with E-state index in [2.05, 4.69) is 5.32 Å². The third kappa shape index (κ3) is 4.41. The number of aryl methyl sites for hydroxylation is 2. The summed E-state index contributed by atoms with van der Waals surface area (Å²) in [6.07, 6.45) is 0. The summed E-state index contributed by atoms with van der Waals surface area (Å²) < 4.78 is 5.38. The highest BCUT2D eigenvalue weighted by molar-refractivity contribution is 6.55. The fourth-order valence-corrected chi connectivity index (χ4v) is 3.32. The lowest BCUT2D eigenvalue weighted by molar-refractivity contribution is -0.118. The highest BCUT2D eigenvalue weighted by Gasteiger charge is 2.21. The molecule has 2 aromatic carbocycles. The van der Waals surface area contributed by atoms with Crippen LogP contribution >= 0.6 is 58.0 Å². The van der Waals surface area contributed by atoms with Gasteiger partial charge in [-0.3, -0.25) is 4.79 Å². The number of hydrogen-bond acceptors (Lipinski definition) is 2. The molecule has 0 atom stereocenters. The van der Waals surface area contributed by atoms with Gasteiger partial charge >= 0.3 is 0 Å². The summed E-state index contributed by atoms with van der Waals surface area (Å²) in [4.78, 5) is 12.1. The molecule has 0 saturated carbocycles. The van der Waals surface area contributed by atoms with Gasteiger partial charge in [0.05, 0.1) is 15.1 Å². The Balaban J connectivity index is 2.12. The van der Waals surface area contributed by atoms with Crippen LogP contribution < -0.4 is 10.1 Å². The Hall–Kier alpha value is -0.840. The molecule has 1 amide bonds. The number of hydrogen-bond donors (Lipinski definition) is 1. The second-order valence-electron chi connectivity index (χ2n) is 5.11. The molecule has 0 aliphatic heterocycles. The summed E-state index contributed by atoms with van der Waals surface area (Å²) in [5.41, 5.74) is 2.74. The quantitative estimate of drug-likeness (QED) is 0.442. The summed E-state index contributed by atoms with van der Waals surface area (Å²) in [7, 11) is 0.